The lowest BCUT2D eigenvalue weighted by molar-refractivity contribution is -0.0943. The predicted molar refractivity (Wildman–Crippen MR) is 56.8 cm³/mol. The van der Waals surface area contributed by atoms with Crippen molar-refractivity contribution in [2.24, 2.45) is 11.3 Å². The third-order valence-electron chi connectivity index (χ3n) is 3.71. The van der Waals surface area contributed by atoms with Gasteiger partial charge in [0.2, 0.25) is 0 Å². The highest BCUT2D eigenvalue weighted by Crippen LogP contribution is 2.41. The average molecular weight is 184 g/mol. The molecule has 0 aromatic heterocycles. The minimum absolute atomic E-state index is 0.107. The van der Waals surface area contributed by atoms with Crippen LogP contribution < -0.4 is 0 Å². The quantitative estimate of drug-likeness (QED) is 0.637. The normalized spacial score (nSPS) is 28.8. The Kier molecular flexibility index (Phi) is 3.06. The van der Waals surface area contributed by atoms with E-state index < -0.39 is 0 Å². The molecule has 1 unspecified atom stereocenters. The van der Waals surface area contributed by atoms with Crippen molar-refractivity contribution in [3.63, 3.8) is 0 Å². The van der Waals surface area contributed by atoms with E-state index in [0.717, 1.165) is 12.5 Å². The Balaban J connectivity index is 2.61. The number of hydrogen-bond donors (Lipinski definition) is 0. The molecule has 78 valence electrons. The van der Waals surface area contributed by atoms with Crippen LogP contribution in [0.3, 0.4) is 0 Å². The van der Waals surface area contributed by atoms with Gasteiger partial charge in [-0.2, -0.15) is 0 Å². The Labute approximate surface area is 82.9 Å². The van der Waals surface area contributed by atoms with Crippen LogP contribution in [-0.4, -0.2) is 12.2 Å². The molecule has 1 saturated heterocycles. The predicted octanol–water partition coefficient (Wildman–Crippen LogP) is 3.63. The Hall–Kier alpha value is -0.0400. The summed E-state index contributed by atoms with van der Waals surface area (Å²) in [5.41, 5.74) is 0.594. The van der Waals surface area contributed by atoms with E-state index in [1.807, 2.05) is 0 Å². The van der Waals surface area contributed by atoms with Crippen LogP contribution >= 0.6 is 0 Å². The Morgan fingerprint density at radius 2 is 2.00 bits per heavy atom. The summed E-state index contributed by atoms with van der Waals surface area (Å²) in [4.78, 5) is 0. The first-order chi connectivity index (χ1) is 5.87. The van der Waals surface area contributed by atoms with Crippen LogP contribution in [-0.2, 0) is 4.74 Å². The Bertz CT molecular complexity index is 170. The molecule has 0 aromatic carbocycles. The van der Waals surface area contributed by atoms with E-state index in [1.54, 1.807) is 0 Å². The maximum atomic E-state index is 5.74. The van der Waals surface area contributed by atoms with Gasteiger partial charge in [-0.25, -0.2) is 0 Å². The molecule has 1 fully saturated rings. The van der Waals surface area contributed by atoms with E-state index in [1.165, 1.54) is 19.3 Å². The smallest absolute Gasteiger partial charge is 0.0629 e. The molecule has 0 amide bonds. The van der Waals surface area contributed by atoms with Crippen molar-refractivity contribution in [2.45, 2.75) is 59.5 Å². The maximum Gasteiger partial charge on any atom is 0.0629 e. The second-order valence-electron chi connectivity index (χ2n) is 5.64. The van der Waals surface area contributed by atoms with Crippen molar-refractivity contribution in [3.05, 3.63) is 0 Å². The topological polar surface area (TPSA) is 9.23 Å². The van der Waals surface area contributed by atoms with Crippen molar-refractivity contribution in [1.29, 1.82) is 0 Å². The molecule has 1 aliphatic rings. The van der Waals surface area contributed by atoms with Crippen LogP contribution in [0.1, 0.15) is 53.9 Å². The van der Waals surface area contributed by atoms with E-state index in [2.05, 4.69) is 34.6 Å². The van der Waals surface area contributed by atoms with Gasteiger partial charge in [0.25, 0.3) is 0 Å². The van der Waals surface area contributed by atoms with Gasteiger partial charge in [0.1, 0.15) is 0 Å². The van der Waals surface area contributed by atoms with Crippen LogP contribution in [0.5, 0.6) is 0 Å². The first-order valence-corrected chi connectivity index (χ1v) is 5.51. The highest BCUT2D eigenvalue weighted by molar-refractivity contribution is 4.86. The Morgan fingerprint density at radius 3 is 2.46 bits per heavy atom. The summed E-state index contributed by atoms with van der Waals surface area (Å²) in [5.74, 6) is 0.834. The van der Waals surface area contributed by atoms with E-state index >= 15 is 0 Å². The summed E-state index contributed by atoms with van der Waals surface area (Å²) < 4.78 is 5.74. The first-order valence-electron chi connectivity index (χ1n) is 5.51. The molecule has 0 bridgehead atoms. The molecule has 0 saturated carbocycles. The highest BCUT2D eigenvalue weighted by atomic mass is 16.5. The molecular formula is C12H24O. The van der Waals surface area contributed by atoms with E-state index in [9.17, 15) is 0 Å². The molecule has 0 aromatic rings. The fourth-order valence-electron chi connectivity index (χ4n) is 2.19. The van der Waals surface area contributed by atoms with Crippen molar-refractivity contribution < 1.29 is 4.74 Å². The van der Waals surface area contributed by atoms with Crippen molar-refractivity contribution in [3.8, 4) is 0 Å². The van der Waals surface area contributed by atoms with Gasteiger partial charge < -0.3 is 4.74 Å². The second-order valence-corrected chi connectivity index (χ2v) is 5.64. The summed E-state index contributed by atoms with van der Waals surface area (Å²) in [6.07, 6.45) is 3.73. The van der Waals surface area contributed by atoms with Gasteiger partial charge in [-0.1, -0.05) is 27.2 Å². The van der Waals surface area contributed by atoms with Gasteiger partial charge in [-0.05, 0) is 38.0 Å². The van der Waals surface area contributed by atoms with Gasteiger partial charge in [0.15, 0.2) is 0 Å². The molecule has 0 radical (unpaired) electrons. The molecule has 0 aliphatic carbocycles. The molecule has 1 rings (SSSR count). The van der Waals surface area contributed by atoms with E-state index in [4.69, 9.17) is 4.74 Å². The highest BCUT2D eigenvalue weighted by Gasteiger charge is 2.36. The largest absolute Gasteiger partial charge is 0.376 e. The third kappa shape index (κ3) is 2.70. The van der Waals surface area contributed by atoms with Crippen molar-refractivity contribution in [2.75, 3.05) is 6.61 Å². The zero-order valence-electron chi connectivity index (χ0n) is 9.81. The minimum Gasteiger partial charge on any atom is -0.376 e. The van der Waals surface area contributed by atoms with Gasteiger partial charge >= 0.3 is 0 Å². The van der Waals surface area contributed by atoms with Crippen molar-refractivity contribution >= 4 is 0 Å². The maximum absolute atomic E-state index is 5.74. The van der Waals surface area contributed by atoms with Crippen LogP contribution in [0.25, 0.3) is 0 Å². The summed E-state index contributed by atoms with van der Waals surface area (Å²) in [7, 11) is 0. The second kappa shape index (κ2) is 3.61. The van der Waals surface area contributed by atoms with Gasteiger partial charge in [0.05, 0.1) is 5.60 Å². The lowest BCUT2D eigenvalue weighted by Crippen LogP contribution is -2.39. The molecule has 1 heteroatoms. The van der Waals surface area contributed by atoms with Gasteiger partial charge in [-0.3, -0.25) is 0 Å². The lowest BCUT2D eigenvalue weighted by Gasteiger charge is -2.43. The fraction of sp³-hybridized carbons (Fsp3) is 1.00. The van der Waals surface area contributed by atoms with E-state index in [-0.39, 0.29) is 5.60 Å². The average Bonchev–Trinajstić information content (AvgIpc) is 2.03. The number of ether oxygens (including phenoxy) is 1. The first kappa shape index (κ1) is 11.0. The van der Waals surface area contributed by atoms with E-state index in [0.29, 0.717) is 5.41 Å². The zero-order chi connectivity index (χ0) is 10.1. The zero-order valence-corrected chi connectivity index (χ0v) is 9.81. The molecular weight excluding hydrogens is 160 g/mol. The SMILES string of the molecule is CCC(C)(C)C1CCOC(C)(C)C1. The van der Waals surface area contributed by atoms with Crippen LogP contribution in [0.15, 0.2) is 0 Å². The summed E-state index contributed by atoms with van der Waals surface area (Å²) >= 11 is 0. The summed E-state index contributed by atoms with van der Waals surface area (Å²) in [6, 6.07) is 0. The number of hydrogen-bond acceptors (Lipinski definition) is 1. The standard InChI is InChI=1S/C12H24O/c1-6-11(2,3)10-7-8-13-12(4,5)9-10/h10H,6-9H2,1-5H3. The molecule has 0 spiro atoms. The molecule has 1 heterocycles. The van der Waals surface area contributed by atoms with Crippen molar-refractivity contribution in [1.82, 2.24) is 0 Å². The Morgan fingerprint density at radius 1 is 1.38 bits per heavy atom. The molecule has 1 aliphatic heterocycles. The lowest BCUT2D eigenvalue weighted by atomic mass is 9.70. The third-order valence-corrected chi connectivity index (χ3v) is 3.71. The fourth-order valence-corrected chi connectivity index (χ4v) is 2.19. The minimum atomic E-state index is 0.107. The van der Waals surface area contributed by atoms with Crippen LogP contribution in [0, 0.1) is 11.3 Å². The monoisotopic (exact) mass is 184 g/mol. The number of rotatable bonds is 2. The molecule has 13 heavy (non-hydrogen) atoms. The van der Waals surface area contributed by atoms with Crippen LogP contribution in [0.4, 0.5) is 0 Å². The molecule has 1 atom stereocenters. The van der Waals surface area contributed by atoms with Gasteiger partial charge in [0, 0.05) is 6.61 Å². The van der Waals surface area contributed by atoms with Gasteiger partial charge in [-0.15, -0.1) is 0 Å². The summed E-state index contributed by atoms with van der Waals surface area (Å²) in [5, 5.41) is 0. The summed E-state index contributed by atoms with van der Waals surface area (Å²) in [6.45, 7) is 12.4. The molecule has 1 nitrogen and oxygen atoms in total. The van der Waals surface area contributed by atoms with Crippen LogP contribution in [0.2, 0.25) is 0 Å². The molecule has 0 N–H and O–H groups in total.